The monoisotopic (exact) mass is 184 g/mol. The molecule has 72 valence electrons. The number of carboxylic acids is 1. The lowest BCUT2D eigenvalue weighted by molar-refractivity contribution is -0.171. The van der Waals surface area contributed by atoms with Gasteiger partial charge in [0, 0.05) is 26.2 Å². The molecule has 0 saturated carbocycles. The van der Waals surface area contributed by atoms with E-state index in [2.05, 4.69) is 0 Å². The molecule has 4 nitrogen and oxygen atoms in total. The lowest BCUT2D eigenvalue weighted by Crippen LogP contribution is -2.34. The SMILES string of the molecule is COC1(OC)C=CC=C(C(=O)O)C1. The molecule has 0 amide bonds. The third kappa shape index (κ3) is 1.96. The maximum atomic E-state index is 10.7. The molecule has 0 aromatic rings. The average Bonchev–Trinajstić information content (AvgIpc) is 2.18. The lowest BCUT2D eigenvalue weighted by atomic mass is 9.99. The molecule has 0 atom stereocenters. The largest absolute Gasteiger partial charge is 0.478 e. The molecular formula is C9H12O4. The van der Waals surface area contributed by atoms with Crippen LogP contribution in [-0.4, -0.2) is 31.1 Å². The van der Waals surface area contributed by atoms with Crippen molar-refractivity contribution in [1.29, 1.82) is 0 Å². The molecule has 0 bridgehead atoms. The number of methoxy groups -OCH3 is 2. The molecule has 1 rings (SSSR count). The lowest BCUT2D eigenvalue weighted by Gasteiger charge is -2.29. The van der Waals surface area contributed by atoms with Crippen molar-refractivity contribution in [3.63, 3.8) is 0 Å². The van der Waals surface area contributed by atoms with Crippen LogP contribution in [0.25, 0.3) is 0 Å². The Kier molecular flexibility index (Phi) is 2.85. The summed E-state index contributed by atoms with van der Waals surface area (Å²) < 4.78 is 10.2. The number of rotatable bonds is 3. The summed E-state index contributed by atoms with van der Waals surface area (Å²) in [4.78, 5) is 10.7. The molecule has 1 aliphatic carbocycles. The van der Waals surface area contributed by atoms with Crippen LogP contribution in [0.5, 0.6) is 0 Å². The van der Waals surface area contributed by atoms with Crippen LogP contribution in [0.2, 0.25) is 0 Å². The first-order valence-corrected chi connectivity index (χ1v) is 3.85. The van der Waals surface area contributed by atoms with E-state index in [-0.39, 0.29) is 12.0 Å². The smallest absolute Gasteiger partial charge is 0.331 e. The Morgan fingerprint density at radius 1 is 1.54 bits per heavy atom. The quantitative estimate of drug-likeness (QED) is 0.663. The number of carbonyl (C=O) groups is 1. The zero-order chi connectivity index (χ0) is 9.90. The fraction of sp³-hybridized carbons (Fsp3) is 0.444. The van der Waals surface area contributed by atoms with Crippen LogP contribution >= 0.6 is 0 Å². The molecule has 0 heterocycles. The number of allylic oxidation sites excluding steroid dienone is 2. The molecule has 0 fully saturated rings. The predicted octanol–water partition coefficient (Wildman–Crippen LogP) is 0.946. The molecule has 13 heavy (non-hydrogen) atoms. The molecule has 0 unspecified atom stereocenters. The molecule has 0 spiro atoms. The second-order valence-electron chi connectivity index (χ2n) is 2.75. The maximum absolute atomic E-state index is 10.7. The highest BCUT2D eigenvalue weighted by Crippen LogP contribution is 2.26. The first-order valence-electron chi connectivity index (χ1n) is 3.85. The molecule has 0 saturated heterocycles. The van der Waals surface area contributed by atoms with E-state index >= 15 is 0 Å². The van der Waals surface area contributed by atoms with Crippen LogP contribution in [-0.2, 0) is 14.3 Å². The van der Waals surface area contributed by atoms with Crippen molar-refractivity contribution in [1.82, 2.24) is 0 Å². The Morgan fingerprint density at radius 2 is 2.15 bits per heavy atom. The van der Waals surface area contributed by atoms with Gasteiger partial charge in [0.1, 0.15) is 0 Å². The van der Waals surface area contributed by atoms with E-state index in [1.54, 1.807) is 18.2 Å². The van der Waals surface area contributed by atoms with Gasteiger partial charge in [0.25, 0.3) is 0 Å². The van der Waals surface area contributed by atoms with Gasteiger partial charge >= 0.3 is 5.97 Å². The van der Waals surface area contributed by atoms with E-state index in [1.807, 2.05) is 0 Å². The van der Waals surface area contributed by atoms with Gasteiger partial charge in [-0.15, -0.1) is 0 Å². The van der Waals surface area contributed by atoms with Crippen LogP contribution in [0.1, 0.15) is 6.42 Å². The van der Waals surface area contributed by atoms with E-state index in [0.29, 0.717) is 0 Å². The van der Waals surface area contributed by atoms with Crippen LogP contribution < -0.4 is 0 Å². The second kappa shape index (κ2) is 3.72. The van der Waals surface area contributed by atoms with Crippen molar-refractivity contribution in [3.05, 3.63) is 23.8 Å². The number of carboxylic acid groups (broad SMARTS) is 1. The predicted molar refractivity (Wildman–Crippen MR) is 46.2 cm³/mol. The Hall–Kier alpha value is -1.13. The summed E-state index contributed by atoms with van der Waals surface area (Å²) in [5.74, 6) is -1.86. The Morgan fingerprint density at radius 3 is 2.62 bits per heavy atom. The molecule has 0 aliphatic heterocycles. The highest BCUT2D eigenvalue weighted by atomic mass is 16.7. The van der Waals surface area contributed by atoms with Gasteiger partial charge in [-0.3, -0.25) is 0 Å². The highest BCUT2D eigenvalue weighted by molar-refractivity contribution is 5.87. The standard InChI is InChI=1S/C9H12O4/c1-12-9(13-2)5-3-4-7(6-9)8(10)11/h3-5H,6H2,1-2H3,(H,10,11). The van der Waals surface area contributed by atoms with Gasteiger partial charge in [-0.2, -0.15) is 0 Å². The average molecular weight is 184 g/mol. The summed E-state index contributed by atoms with van der Waals surface area (Å²) in [6, 6.07) is 0. The van der Waals surface area contributed by atoms with Gasteiger partial charge in [-0.25, -0.2) is 4.79 Å². The van der Waals surface area contributed by atoms with Crippen molar-refractivity contribution in [2.45, 2.75) is 12.2 Å². The van der Waals surface area contributed by atoms with E-state index in [0.717, 1.165) is 0 Å². The van der Waals surface area contributed by atoms with Crippen LogP contribution in [0.15, 0.2) is 23.8 Å². The van der Waals surface area contributed by atoms with Crippen molar-refractivity contribution in [3.8, 4) is 0 Å². The number of hydrogen-bond donors (Lipinski definition) is 1. The van der Waals surface area contributed by atoms with Crippen molar-refractivity contribution in [2.75, 3.05) is 14.2 Å². The second-order valence-corrected chi connectivity index (χ2v) is 2.75. The fourth-order valence-corrected chi connectivity index (χ4v) is 1.20. The molecule has 0 aromatic heterocycles. The molecule has 4 heteroatoms. The number of ether oxygens (including phenoxy) is 2. The van der Waals surface area contributed by atoms with Crippen LogP contribution in [0.3, 0.4) is 0 Å². The Labute approximate surface area is 76.5 Å². The summed E-state index contributed by atoms with van der Waals surface area (Å²) >= 11 is 0. The first-order chi connectivity index (χ1) is 6.13. The minimum Gasteiger partial charge on any atom is -0.478 e. The summed E-state index contributed by atoms with van der Waals surface area (Å²) in [6.45, 7) is 0. The van der Waals surface area contributed by atoms with Crippen molar-refractivity contribution >= 4 is 5.97 Å². The summed E-state index contributed by atoms with van der Waals surface area (Å²) in [6.07, 6.45) is 5.09. The van der Waals surface area contributed by atoms with Crippen molar-refractivity contribution in [2.24, 2.45) is 0 Å². The molecular weight excluding hydrogens is 172 g/mol. The normalized spacial score (nSPS) is 19.7. The molecule has 1 N–H and O–H groups in total. The van der Waals surface area contributed by atoms with E-state index < -0.39 is 11.8 Å². The number of aliphatic carboxylic acids is 1. The summed E-state index contributed by atoms with van der Waals surface area (Å²) in [5, 5.41) is 8.75. The minimum absolute atomic E-state index is 0.228. The molecule has 0 radical (unpaired) electrons. The fourth-order valence-electron chi connectivity index (χ4n) is 1.20. The van der Waals surface area contributed by atoms with Crippen molar-refractivity contribution < 1.29 is 19.4 Å². The topological polar surface area (TPSA) is 55.8 Å². The van der Waals surface area contributed by atoms with E-state index in [9.17, 15) is 4.79 Å². The third-order valence-corrected chi connectivity index (χ3v) is 2.05. The van der Waals surface area contributed by atoms with Gasteiger partial charge in [0.15, 0.2) is 5.79 Å². The summed E-state index contributed by atoms with van der Waals surface area (Å²) in [7, 11) is 2.97. The van der Waals surface area contributed by atoms with Crippen LogP contribution in [0.4, 0.5) is 0 Å². The van der Waals surface area contributed by atoms with Gasteiger partial charge < -0.3 is 14.6 Å². The van der Waals surface area contributed by atoms with E-state index in [4.69, 9.17) is 14.6 Å². The van der Waals surface area contributed by atoms with E-state index in [1.165, 1.54) is 14.2 Å². The van der Waals surface area contributed by atoms with Crippen LogP contribution in [0, 0.1) is 0 Å². The number of hydrogen-bond acceptors (Lipinski definition) is 3. The highest BCUT2D eigenvalue weighted by Gasteiger charge is 2.31. The molecule has 1 aliphatic rings. The minimum atomic E-state index is -0.942. The summed E-state index contributed by atoms with van der Waals surface area (Å²) in [5.41, 5.74) is 0.284. The van der Waals surface area contributed by atoms with Gasteiger partial charge in [0.05, 0.1) is 0 Å². The Bertz CT molecular complexity index is 261. The Balaban J connectivity index is 2.84. The zero-order valence-corrected chi connectivity index (χ0v) is 7.61. The zero-order valence-electron chi connectivity index (χ0n) is 7.61. The van der Waals surface area contributed by atoms with Gasteiger partial charge in [-0.1, -0.05) is 12.2 Å². The first kappa shape index (κ1) is 9.95. The maximum Gasteiger partial charge on any atom is 0.331 e. The van der Waals surface area contributed by atoms with Gasteiger partial charge in [-0.05, 0) is 6.08 Å². The third-order valence-electron chi connectivity index (χ3n) is 2.05. The van der Waals surface area contributed by atoms with Gasteiger partial charge in [0.2, 0.25) is 0 Å². The molecule has 0 aromatic carbocycles.